The zero-order valence-corrected chi connectivity index (χ0v) is 23.7. The van der Waals surface area contributed by atoms with Gasteiger partial charge in [-0.25, -0.2) is 0 Å². The molecule has 5 rings (SSSR count). The van der Waals surface area contributed by atoms with Crippen LogP contribution in [-0.2, 0) is 22.6 Å². The average Bonchev–Trinajstić information content (AvgIpc) is 3.43. The van der Waals surface area contributed by atoms with E-state index in [1.165, 1.54) is 17.3 Å². The molecule has 1 aliphatic heterocycles. The van der Waals surface area contributed by atoms with Crippen LogP contribution in [-0.4, -0.2) is 59.7 Å². The largest absolute Gasteiger partial charge is 0.497 e. The van der Waals surface area contributed by atoms with Crippen LogP contribution in [0.25, 0.3) is 5.69 Å². The Labute approximate surface area is 242 Å². The summed E-state index contributed by atoms with van der Waals surface area (Å²) in [5.41, 5.74) is 2.76. The summed E-state index contributed by atoms with van der Waals surface area (Å²) in [4.78, 5) is 27.8. The SMILES string of the molecule is COc1ccc(OC)c(-n2c(CNC(=O)COc3ccccc3)nnc2SCC(=O)N2CCCc3ccccc32)c1. The van der Waals surface area contributed by atoms with E-state index in [0.29, 0.717) is 40.5 Å². The molecular formula is C30H31N5O5S. The number of aryl methyl sites for hydroxylation is 1. The van der Waals surface area contributed by atoms with Crippen LogP contribution in [0.2, 0.25) is 0 Å². The van der Waals surface area contributed by atoms with Gasteiger partial charge in [-0.05, 0) is 48.7 Å². The molecule has 212 valence electrons. The number of carbonyl (C=O) groups excluding carboxylic acids is 2. The zero-order valence-electron chi connectivity index (χ0n) is 22.9. The Bertz CT molecular complexity index is 1510. The van der Waals surface area contributed by atoms with E-state index in [1.54, 1.807) is 49.1 Å². The Morgan fingerprint density at radius 2 is 1.73 bits per heavy atom. The molecule has 0 fully saturated rings. The van der Waals surface area contributed by atoms with Crippen LogP contribution in [0.1, 0.15) is 17.8 Å². The van der Waals surface area contributed by atoms with Gasteiger partial charge in [0, 0.05) is 18.3 Å². The summed E-state index contributed by atoms with van der Waals surface area (Å²) in [6.07, 6.45) is 1.88. The predicted octanol–water partition coefficient (Wildman–Crippen LogP) is 4.05. The second-order valence-corrected chi connectivity index (χ2v) is 10.2. The fourth-order valence-corrected chi connectivity index (χ4v) is 5.45. The van der Waals surface area contributed by atoms with Gasteiger partial charge in [-0.2, -0.15) is 0 Å². The van der Waals surface area contributed by atoms with Crippen molar-refractivity contribution in [3.05, 3.63) is 84.2 Å². The molecule has 3 aromatic carbocycles. The number of amides is 2. The van der Waals surface area contributed by atoms with Gasteiger partial charge in [0.15, 0.2) is 17.6 Å². The van der Waals surface area contributed by atoms with E-state index in [9.17, 15) is 9.59 Å². The van der Waals surface area contributed by atoms with E-state index in [1.807, 2.05) is 41.3 Å². The van der Waals surface area contributed by atoms with Gasteiger partial charge in [-0.3, -0.25) is 14.2 Å². The molecule has 0 saturated heterocycles. The Hall–Kier alpha value is -4.51. The van der Waals surface area contributed by atoms with E-state index in [0.717, 1.165) is 18.5 Å². The van der Waals surface area contributed by atoms with Crippen LogP contribution < -0.4 is 24.4 Å². The molecule has 10 nitrogen and oxygen atoms in total. The van der Waals surface area contributed by atoms with Crippen molar-refractivity contribution in [1.29, 1.82) is 0 Å². The maximum Gasteiger partial charge on any atom is 0.258 e. The number of anilines is 1. The summed E-state index contributed by atoms with van der Waals surface area (Å²) in [5.74, 6) is 2.07. The van der Waals surface area contributed by atoms with Crippen molar-refractivity contribution in [3.63, 3.8) is 0 Å². The molecule has 0 aliphatic carbocycles. The lowest BCUT2D eigenvalue weighted by atomic mass is 10.0. The first-order valence-electron chi connectivity index (χ1n) is 13.2. The Kier molecular flexibility index (Phi) is 9.05. The average molecular weight is 574 g/mol. The number of hydrogen-bond acceptors (Lipinski definition) is 8. The Morgan fingerprint density at radius 1 is 0.927 bits per heavy atom. The summed E-state index contributed by atoms with van der Waals surface area (Å²) in [7, 11) is 3.15. The summed E-state index contributed by atoms with van der Waals surface area (Å²) in [6.45, 7) is 0.613. The maximum absolute atomic E-state index is 13.3. The second kappa shape index (κ2) is 13.2. The van der Waals surface area contributed by atoms with Crippen LogP contribution in [0.3, 0.4) is 0 Å². The first-order valence-corrected chi connectivity index (χ1v) is 14.2. The Morgan fingerprint density at radius 3 is 2.54 bits per heavy atom. The van der Waals surface area contributed by atoms with Crippen LogP contribution in [0.4, 0.5) is 5.69 Å². The van der Waals surface area contributed by atoms with Gasteiger partial charge in [0.25, 0.3) is 5.91 Å². The number of carbonyl (C=O) groups is 2. The van der Waals surface area contributed by atoms with Crippen molar-refractivity contribution < 1.29 is 23.8 Å². The van der Waals surface area contributed by atoms with E-state index in [4.69, 9.17) is 14.2 Å². The van der Waals surface area contributed by atoms with Crippen molar-refractivity contribution >= 4 is 29.3 Å². The summed E-state index contributed by atoms with van der Waals surface area (Å²) < 4.78 is 18.4. The van der Waals surface area contributed by atoms with Crippen LogP contribution in [0.5, 0.6) is 17.2 Å². The van der Waals surface area contributed by atoms with Gasteiger partial charge >= 0.3 is 0 Å². The number of thioether (sulfide) groups is 1. The molecule has 0 radical (unpaired) electrons. The number of benzene rings is 3. The third-order valence-corrected chi connectivity index (χ3v) is 7.53. The number of rotatable bonds is 11. The molecule has 2 amide bonds. The smallest absolute Gasteiger partial charge is 0.258 e. The van der Waals surface area contributed by atoms with Gasteiger partial charge in [-0.1, -0.05) is 48.2 Å². The number of methoxy groups -OCH3 is 2. The Balaban J connectivity index is 1.36. The number of nitrogens with zero attached hydrogens (tertiary/aromatic N) is 4. The maximum atomic E-state index is 13.3. The van der Waals surface area contributed by atoms with Gasteiger partial charge < -0.3 is 24.4 Å². The van der Waals surface area contributed by atoms with Gasteiger partial charge in [0.05, 0.1) is 32.2 Å². The molecule has 1 aliphatic rings. The lowest BCUT2D eigenvalue weighted by molar-refractivity contribution is -0.123. The fraction of sp³-hybridized carbons (Fsp3) is 0.267. The normalized spacial score (nSPS) is 12.4. The molecule has 0 atom stereocenters. The van der Waals surface area contributed by atoms with Crippen molar-refractivity contribution in [2.75, 3.05) is 38.0 Å². The molecule has 4 aromatic rings. The molecule has 1 aromatic heterocycles. The van der Waals surface area contributed by atoms with Gasteiger partial charge in [-0.15, -0.1) is 10.2 Å². The van der Waals surface area contributed by atoms with Crippen molar-refractivity contribution in [1.82, 2.24) is 20.1 Å². The summed E-state index contributed by atoms with van der Waals surface area (Å²) in [6, 6.07) is 22.5. The summed E-state index contributed by atoms with van der Waals surface area (Å²) >= 11 is 1.28. The standard InChI is InChI=1S/C30H31N5O5S/c1-38-23-14-15-26(39-2)25(17-23)35-27(18-31-28(36)19-40-22-11-4-3-5-12-22)32-33-30(35)41-20-29(37)34-16-8-10-21-9-6-7-13-24(21)34/h3-7,9,11-15,17H,8,10,16,18-20H2,1-2H3,(H,31,36). The van der Waals surface area contributed by atoms with Crippen molar-refractivity contribution in [2.45, 2.75) is 24.5 Å². The molecule has 11 heteroatoms. The molecule has 41 heavy (non-hydrogen) atoms. The minimum atomic E-state index is -0.311. The molecule has 0 bridgehead atoms. The topological polar surface area (TPSA) is 108 Å². The van der Waals surface area contributed by atoms with E-state index >= 15 is 0 Å². The first kappa shape index (κ1) is 28.0. The van der Waals surface area contributed by atoms with Crippen molar-refractivity contribution in [2.24, 2.45) is 0 Å². The minimum Gasteiger partial charge on any atom is -0.497 e. The molecule has 0 unspecified atom stereocenters. The summed E-state index contributed by atoms with van der Waals surface area (Å²) in [5, 5.41) is 12.1. The van der Waals surface area contributed by atoms with E-state index < -0.39 is 0 Å². The monoisotopic (exact) mass is 573 g/mol. The van der Waals surface area contributed by atoms with E-state index in [-0.39, 0.29) is 30.7 Å². The third kappa shape index (κ3) is 6.63. The lowest BCUT2D eigenvalue weighted by Gasteiger charge is -2.29. The number of hydrogen-bond donors (Lipinski definition) is 1. The van der Waals surface area contributed by atoms with Crippen LogP contribution in [0.15, 0.2) is 78.0 Å². The predicted molar refractivity (Wildman–Crippen MR) is 156 cm³/mol. The number of nitrogens with one attached hydrogen (secondary N) is 1. The second-order valence-electron chi connectivity index (χ2n) is 9.22. The molecule has 0 saturated carbocycles. The minimum absolute atomic E-state index is 0.0118. The number of para-hydroxylation sites is 2. The highest BCUT2D eigenvalue weighted by atomic mass is 32.2. The first-order chi connectivity index (χ1) is 20.1. The number of fused-ring (bicyclic) bond motifs is 1. The molecule has 0 spiro atoms. The highest BCUT2D eigenvalue weighted by Gasteiger charge is 2.24. The highest BCUT2D eigenvalue weighted by Crippen LogP contribution is 2.33. The van der Waals surface area contributed by atoms with E-state index in [2.05, 4.69) is 21.6 Å². The molecule has 2 heterocycles. The number of ether oxygens (including phenoxy) is 3. The van der Waals surface area contributed by atoms with Crippen LogP contribution in [0, 0.1) is 0 Å². The zero-order chi connectivity index (χ0) is 28.6. The fourth-order valence-electron chi connectivity index (χ4n) is 4.61. The number of aromatic nitrogens is 3. The lowest BCUT2D eigenvalue weighted by Crippen LogP contribution is -2.36. The van der Waals surface area contributed by atoms with Gasteiger partial charge in [0.2, 0.25) is 5.91 Å². The highest BCUT2D eigenvalue weighted by molar-refractivity contribution is 7.99. The third-order valence-electron chi connectivity index (χ3n) is 6.62. The van der Waals surface area contributed by atoms with Crippen molar-refractivity contribution in [3.8, 4) is 22.9 Å². The molecular weight excluding hydrogens is 542 g/mol. The quantitative estimate of drug-likeness (QED) is 0.268. The van der Waals surface area contributed by atoms with Gasteiger partial charge in [0.1, 0.15) is 17.2 Å². The van der Waals surface area contributed by atoms with Crippen LogP contribution >= 0.6 is 11.8 Å². The molecule has 1 N–H and O–H groups in total.